The molecule has 0 unspecified atom stereocenters. The van der Waals surface area contributed by atoms with Gasteiger partial charge in [0.15, 0.2) is 0 Å². The molecule has 0 bridgehead atoms. The van der Waals surface area contributed by atoms with Crippen LogP contribution < -0.4 is 10.6 Å². The SMILES string of the molecule is C(CNC1CC1)NCCOCC1CC1. The smallest absolute Gasteiger partial charge is 0.0591 e. The Hall–Kier alpha value is -0.120. The van der Waals surface area contributed by atoms with E-state index >= 15 is 0 Å². The molecule has 0 aromatic rings. The molecule has 2 aliphatic carbocycles. The molecule has 82 valence electrons. The summed E-state index contributed by atoms with van der Waals surface area (Å²) in [4.78, 5) is 0. The highest BCUT2D eigenvalue weighted by Gasteiger charge is 2.21. The average molecular weight is 198 g/mol. The summed E-state index contributed by atoms with van der Waals surface area (Å²) < 4.78 is 5.51. The van der Waals surface area contributed by atoms with E-state index in [1.54, 1.807) is 0 Å². The van der Waals surface area contributed by atoms with E-state index < -0.39 is 0 Å². The van der Waals surface area contributed by atoms with E-state index in [0.29, 0.717) is 0 Å². The van der Waals surface area contributed by atoms with Gasteiger partial charge in [-0.25, -0.2) is 0 Å². The van der Waals surface area contributed by atoms with E-state index in [-0.39, 0.29) is 0 Å². The lowest BCUT2D eigenvalue weighted by Gasteiger charge is -2.06. The maximum atomic E-state index is 5.51. The van der Waals surface area contributed by atoms with Crippen molar-refractivity contribution in [1.29, 1.82) is 0 Å². The van der Waals surface area contributed by atoms with Gasteiger partial charge in [0.25, 0.3) is 0 Å². The van der Waals surface area contributed by atoms with Gasteiger partial charge in [-0.2, -0.15) is 0 Å². The Labute approximate surface area is 86.6 Å². The van der Waals surface area contributed by atoms with Crippen molar-refractivity contribution >= 4 is 0 Å². The third kappa shape index (κ3) is 4.94. The summed E-state index contributed by atoms with van der Waals surface area (Å²) in [5, 5.41) is 6.85. The highest BCUT2D eigenvalue weighted by atomic mass is 16.5. The van der Waals surface area contributed by atoms with Crippen LogP contribution in [-0.4, -0.2) is 38.9 Å². The van der Waals surface area contributed by atoms with E-state index in [4.69, 9.17) is 4.74 Å². The summed E-state index contributed by atoms with van der Waals surface area (Å²) in [7, 11) is 0. The van der Waals surface area contributed by atoms with E-state index in [1.807, 2.05) is 0 Å². The number of hydrogen-bond donors (Lipinski definition) is 2. The molecule has 14 heavy (non-hydrogen) atoms. The van der Waals surface area contributed by atoms with Gasteiger partial charge in [-0.3, -0.25) is 0 Å². The van der Waals surface area contributed by atoms with Crippen molar-refractivity contribution in [3.05, 3.63) is 0 Å². The topological polar surface area (TPSA) is 33.3 Å². The minimum Gasteiger partial charge on any atom is -0.380 e. The van der Waals surface area contributed by atoms with Crippen LogP contribution in [0, 0.1) is 5.92 Å². The summed E-state index contributed by atoms with van der Waals surface area (Å²) in [5.41, 5.74) is 0. The molecule has 3 heteroatoms. The van der Waals surface area contributed by atoms with Crippen LogP contribution >= 0.6 is 0 Å². The first kappa shape index (κ1) is 10.4. The predicted molar refractivity (Wildman–Crippen MR) is 57.4 cm³/mol. The van der Waals surface area contributed by atoms with E-state index in [2.05, 4.69) is 10.6 Å². The molecule has 0 heterocycles. The van der Waals surface area contributed by atoms with Gasteiger partial charge in [0.05, 0.1) is 6.61 Å². The van der Waals surface area contributed by atoms with Gasteiger partial charge in [0.2, 0.25) is 0 Å². The molecular weight excluding hydrogens is 176 g/mol. The van der Waals surface area contributed by atoms with Gasteiger partial charge in [0.1, 0.15) is 0 Å². The first-order valence-electron chi connectivity index (χ1n) is 5.97. The first-order valence-corrected chi connectivity index (χ1v) is 5.97. The summed E-state index contributed by atoms with van der Waals surface area (Å²) in [6.45, 7) is 5.04. The molecule has 2 aliphatic rings. The molecule has 0 spiro atoms. The van der Waals surface area contributed by atoms with Gasteiger partial charge in [-0.15, -0.1) is 0 Å². The minimum atomic E-state index is 0.836. The highest BCUT2D eigenvalue weighted by Crippen LogP contribution is 2.28. The molecule has 0 aromatic heterocycles. The zero-order chi connectivity index (χ0) is 9.64. The fourth-order valence-electron chi connectivity index (χ4n) is 1.46. The van der Waals surface area contributed by atoms with Gasteiger partial charge in [0, 0.05) is 32.3 Å². The number of nitrogens with one attached hydrogen (secondary N) is 2. The van der Waals surface area contributed by atoms with Crippen molar-refractivity contribution in [2.24, 2.45) is 5.92 Å². The second kappa shape index (κ2) is 5.69. The number of hydrogen-bond acceptors (Lipinski definition) is 3. The van der Waals surface area contributed by atoms with Gasteiger partial charge in [-0.1, -0.05) is 0 Å². The Kier molecular flexibility index (Phi) is 4.22. The average Bonchev–Trinajstić information content (AvgIpc) is 3.00. The number of ether oxygens (including phenoxy) is 1. The zero-order valence-corrected chi connectivity index (χ0v) is 8.93. The monoisotopic (exact) mass is 198 g/mol. The van der Waals surface area contributed by atoms with Crippen LogP contribution in [0.3, 0.4) is 0 Å². The van der Waals surface area contributed by atoms with Crippen LogP contribution in [0.15, 0.2) is 0 Å². The normalized spacial score (nSPS) is 21.4. The standard InChI is InChI=1S/C11H22N2O/c1-2-10(1)9-14-8-7-12-5-6-13-11-3-4-11/h10-13H,1-9H2. The summed E-state index contributed by atoms with van der Waals surface area (Å²) >= 11 is 0. The molecule has 0 radical (unpaired) electrons. The maximum Gasteiger partial charge on any atom is 0.0591 e. The first-order chi connectivity index (χ1) is 6.95. The Morgan fingerprint density at radius 1 is 1.00 bits per heavy atom. The molecule has 2 fully saturated rings. The Balaban J connectivity index is 1.25. The fourth-order valence-corrected chi connectivity index (χ4v) is 1.46. The maximum absolute atomic E-state index is 5.51. The summed E-state index contributed by atoms with van der Waals surface area (Å²) in [5.74, 6) is 0.895. The number of rotatable bonds is 9. The molecule has 0 atom stereocenters. The second-order valence-corrected chi connectivity index (χ2v) is 4.50. The molecule has 2 saturated carbocycles. The van der Waals surface area contributed by atoms with Crippen molar-refractivity contribution in [3.63, 3.8) is 0 Å². The van der Waals surface area contributed by atoms with Gasteiger partial charge < -0.3 is 15.4 Å². The third-order valence-electron chi connectivity index (χ3n) is 2.79. The largest absolute Gasteiger partial charge is 0.380 e. The van der Waals surface area contributed by atoms with Crippen LogP contribution in [0.1, 0.15) is 25.7 Å². The molecular formula is C11H22N2O. The lowest BCUT2D eigenvalue weighted by Crippen LogP contribution is -2.30. The third-order valence-corrected chi connectivity index (χ3v) is 2.79. The van der Waals surface area contributed by atoms with Gasteiger partial charge >= 0.3 is 0 Å². The molecule has 0 aliphatic heterocycles. The summed E-state index contributed by atoms with van der Waals surface area (Å²) in [6, 6.07) is 0.836. The minimum absolute atomic E-state index is 0.836. The molecule has 0 aromatic carbocycles. The van der Waals surface area contributed by atoms with Crippen molar-refractivity contribution < 1.29 is 4.74 Å². The zero-order valence-electron chi connectivity index (χ0n) is 8.93. The molecule has 0 amide bonds. The fraction of sp³-hybridized carbons (Fsp3) is 1.00. The second-order valence-electron chi connectivity index (χ2n) is 4.50. The highest BCUT2D eigenvalue weighted by molar-refractivity contribution is 4.80. The Bertz CT molecular complexity index is 137. The molecule has 0 saturated heterocycles. The van der Waals surface area contributed by atoms with Crippen LogP contribution in [0.5, 0.6) is 0 Å². The van der Waals surface area contributed by atoms with E-state index in [0.717, 1.165) is 44.8 Å². The van der Waals surface area contributed by atoms with E-state index in [1.165, 1.54) is 25.7 Å². The molecule has 2 rings (SSSR count). The molecule has 2 N–H and O–H groups in total. The van der Waals surface area contributed by atoms with Crippen LogP contribution in [0.25, 0.3) is 0 Å². The quantitative estimate of drug-likeness (QED) is 0.537. The van der Waals surface area contributed by atoms with Crippen LogP contribution in [0.2, 0.25) is 0 Å². The van der Waals surface area contributed by atoms with Crippen molar-refractivity contribution in [2.45, 2.75) is 31.7 Å². The lowest BCUT2D eigenvalue weighted by molar-refractivity contribution is 0.126. The molecule has 3 nitrogen and oxygen atoms in total. The predicted octanol–water partition coefficient (Wildman–Crippen LogP) is 0.755. The summed E-state index contributed by atoms with van der Waals surface area (Å²) in [6.07, 6.45) is 5.53. The van der Waals surface area contributed by atoms with Crippen LogP contribution in [-0.2, 0) is 4.74 Å². The van der Waals surface area contributed by atoms with Crippen molar-refractivity contribution in [1.82, 2.24) is 10.6 Å². The Morgan fingerprint density at radius 3 is 2.57 bits per heavy atom. The van der Waals surface area contributed by atoms with Crippen molar-refractivity contribution in [3.8, 4) is 0 Å². The van der Waals surface area contributed by atoms with Gasteiger partial charge in [-0.05, 0) is 31.6 Å². The Morgan fingerprint density at radius 2 is 1.86 bits per heavy atom. The van der Waals surface area contributed by atoms with Crippen molar-refractivity contribution in [2.75, 3.05) is 32.8 Å². The van der Waals surface area contributed by atoms with Crippen LogP contribution in [0.4, 0.5) is 0 Å². The lowest BCUT2D eigenvalue weighted by atomic mass is 10.5. The van der Waals surface area contributed by atoms with E-state index in [9.17, 15) is 0 Å².